The third-order valence-electron chi connectivity index (χ3n) is 14.8. The van der Waals surface area contributed by atoms with Crippen LogP contribution >= 0.6 is 0 Å². The number of rotatable bonds is 45. The molecule has 5 rings (SSSR count). The molecule has 5 aromatic carbocycles. The van der Waals surface area contributed by atoms with Gasteiger partial charge in [0.15, 0.2) is 0 Å². The number of esters is 2. The summed E-state index contributed by atoms with van der Waals surface area (Å²) in [6, 6.07) is 32.2. The molecule has 0 amide bonds. The maximum Gasteiger partial charge on any atom is 0.353 e. The largest absolute Gasteiger partial charge is 0.494 e. The quantitative estimate of drug-likeness (QED) is 0.00938. The topological polar surface area (TPSA) is 139 Å². The average molecular weight is 1110 g/mol. The van der Waals surface area contributed by atoms with Crippen molar-refractivity contribution in [2.24, 2.45) is 9.98 Å². The fourth-order valence-corrected chi connectivity index (χ4v) is 9.81. The second-order valence-electron chi connectivity index (χ2n) is 21.7. The Morgan fingerprint density at radius 1 is 0.395 bits per heavy atom. The molecule has 0 atom stereocenters. The van der Waals surface area contributed by atoms with Crippen molar-refractivity contribution < 1.29 is 33.5 Å². The molecule has 0 N–H and O–H groups in total. The van der Waals surface area contributed by atoms with Gasteiger partial charge in [-0.3, -0.25) is 20.1 Å². The SMILES string of the molecule is CCCCCCCCCCCCCCCCCCOc1ccc(C=Nc2ccc(C(=O)Oc3cccc(OC(=O)c4ccc(N=Cc5ccc(OCCCCCCCCCCCCCCCCCC)cc5)cc4)c3[N+](=O)[O-])cc2)cc1. The van der Waals surface area contributed by atoms with Crippen molar-refractivity contribution >= 4 is 41.4 Å². The fraction of sp³-hybridized carbons (Fsp3) is 0.514. The summed E-state index contributed by atoms with van der Waals surface area (Å²) in [4.78, 5) is 47.0. The number of hydrogen-bond donors (Lipinski definition) is 0. The first kappa shape index (κ1) is 65.2. The van der Waals surface area contributed by atoms with Crippen molar-refractivity contribution in [1.29, 1.82) is 0 Å². The highest BCUT2D eigenvalue weighted by Crippen LogP contribution is 2.38. The van der Waals surface area contributed by atoms with E-state index in [4.69, 9.17) is 18.9 Å². The Morgan fingerprint density at radius 3 is 0.963 bits per heavy atom. The highest BCUT2D eigenvalue weighted by Gasteiger charge is 2.27. The summed E-state index contributed by atoms with van der Waals surface area (Å²) in [5, 5.41) is 12.3. The second-order valence-corrected chi connectivity index (χ2v) is 21.7. The zero-order valence-electron chi connectivity index (χ0n) is 49.3. The van der Waals surface area contributed by atoms with Gasteiger partial charge in [-0.1, -0.05) is 213 Å². The molecule has 0 aromatic heterocycles. The number of nitro groups is 1. The number of carbonyl (C=O) groups excluding carboxylic acids is 2. The van der Waals surface area contributed by atoms with E-state index in [0.717, 1.165) is 35.5 Å². The van der Waals surface area contributed by atoms with Gasteiger partial charge in [0.2, 0.25) is 11.5 Å². The summed E-state index contributed by atoms with van der Waals surface area (Å²) in [6.07, 6.45) is 46.3. The molecule has 0 saturated carbocycles. The van der Waals surface area contributed by atoms with E-state index in [1.54, 1.807) is 36.7 Å². The Morgan fingerprint density at radius 2 is 0.679 bits per heavy atom. The normalized spacial score (nSPS) is 11.4. The smallest absolute Gasteiger partial charge is 0.353 e. The number of nitro benzene ring substituents is 1. The van der Waals surface area contributed by atoms with Crippen LogP contribution in [0.15, 0.2) is 125 Å². The van der Waals surface area contributed by atoms with Crippen LogP contribution in [0.1, 0.15) is 251 Å². The number of benzene rings is 5. The number of carbonyl (C=O) groups is 2. The lowest BCUT2D eigenvalue weighted by Gasteiger charge is -2.09. The van der Waals surface area contributed by atoms with Gasteiger partial charge < -0.3 is 18.9 Å². The minimum atomic E-state index is -0.826. The minimum Gasteiger partial charge on any atom is -0.494 e. The van der Waals surface area contributed by atoms with Gasteiger partial charge in [-0.2, -0.15) is 0 Å². The van der Waals surface area contributed by atoms with Crippen molar-refractivity contribution in [2.45, 2.75) is 219 Å². The molecule has 0 heterocycles. The van der Waals surface area contributed by atoms with Gasteiger partial charge >= 0.3 is 17.6 Å². The van der Waals surface area contributed by atoms with Crippen LogP contribution in [0.5, 0.6) is 23.0 Å². The second kappa shape index (κ2) is 41.4. The predicted octanol–water partition coefficient (Wildman–Crippen LogP) is 20.8. The van der Waals surface area contributed by atoms with E-state index < -0.39 is 22.5 Å². The van der Waals surface area contributed by atoms with E-state index in [0.29, 0.717) is 24.6 Å². The Labute approximate surface area is 485 Å². The number of aliphatic imine (C=N–C) groups is 2. The van der Waals surface area contributed by atoms with Crippen LogP contribution < -0.4 is 18.9 Å². The van der Waals surface area contributed by atoms with Crippen molar-refractivity contribution in [2.75, 3.05) is 13.2 Å². The lowest BCUT2D eigenvalue weighted by Crippen LogP contribution is -2.12. The van der Waals surface area contributed by atoms with E-state index in [-0.39, 0.29) is 22.6 Å². The number of ether oxygens (including phenoxy) is 4. The molecule has 438 valence electrons. The van der Waals surface area contributed by atoms with E-state index in [1.807, 2.05) is 48.5 Å². The molecule has 0 spiro atoms. The average Bonchev–Trinajstić information content (AvgIpc) is 3.49. The summed E-state index contributed by atoms with van der Waals surface area (Å²) in [7, 11) is 0. The van der Waals surface area contributed by atoms with Crippen LogP contribution in [0.3, 0.4) is 0 Å². The van der Waals surface area contributed by atoms with E-state index in [9.17, 15) is 19.7 Å². The summed E-state index contributed by atoms with van der Waals surface area (Å²) < 4.78 is 22.9. The van der Waals surface area contributed by atoms with Gasteiger partial charge in [-0.05, 0) is 133 Å². The van der Waals surface area contributed by atoms with Crippen LogP contribution in [-0.4, -0.2) is 42.5 Å². The van der Waals surface area contributed by atoms with Gasteiger partial charge in [-0.15, -0.1) is 0 Å². The van der Waals surface area contributed by atoms with E-state index >= 15 is 0 Å². The minimum absolute atomic E-state index is 0.154. The van der Waals surface area contributed by atoms with Crippen molar-refractivity contribution in [3.8, 4) is 23.0 Å². The van der Waals surface area contributed by atoms with Gasteiger partial charge in [0.1, 0.15) is 11.5 Å². The number of hydrogen-bond acceptors (Lipinski definition) is 10. The zero-order valence-corrected chi connectivity index (χ0v) is 49.3. The summed E-state index contributed by atoms with van der Waals surface area (Å²) in [5.41, 5.74) is 2.63. The molecule has 11 nitrogen and oxygen atoms in total. The van der Waals surface area contributed by atoms with Crippen LogP contribution in [0, 0.1) is 10.1 Å². The number of para-hydroxylation sites is 1. The van der Waals surface area contributed by atoms with Gasteiger partial charge in [-0.25, -0.2) is 9.59 Å². The predicted molar refractivity (Wildman–Crippen MR) is 333 cm³/mol. The first-order valence-corrected chi connectivity index (χ1v) is 31.3. The molecule has 5 aromatic rings. The van der Waals surface area contributed by atoms with Crippen molar-refractivity contribution in [1.82, 2.24) is 0 Å². The Kier molecular flexibility index (Phi) is 33.3. The fourth-order valence-electron chi connectivity index (χ4n) is 9.81. The monoisotopic (exact) mass is 1110 g/mol. The first-order valence-electron chi connectivity index (χ1n) is 31.3. The Balaban J connectivity index is 0.944. The summed E-state index contributed by atoms with van der Waals surface area (Å²) in [5.74, 6) is -0.734. The van der Waals surface area contributed by atoms with Crippen LogP contribution in [0.4, 0.5) is 17.1 Å². The molecule has 0 fully saturated rings. The highest BCUT2D eigenvalue weighted by molar-refractivity contribution is 5.94. The molecule has 0 aliphatic rings. The maximum absolute atomic E-state index is 13.2. The van der Waals surface area contributed by atoms with Crippen molar-refractivity contribution in [3.63, 3.8) is 0 Å². The third kappa shape index (κ3) is 28.1. The molecular formula is C70H95N3O8. The summed E-state index contributed by atoms with van der Waals surface area (Å²) >= 11 is 0. The lowest BCUT2D eigenvalue weighted by atomic mass is 10.0. The van der Waals surface area contributed by atoms with Crippen LogP contribution in [0.25, 0.3) is 0 Å². The van der Waals surface area contributed by atoms with Crippen molar-refractivity contribution in [3.05, 3.63) is 148 Å². The molecule has 81 heavy (non-hydrogen) atoms. The van der Waals surface area contributed by atoms with Gasteiger partial charge in [0.25, 0.3) is 0 Å². The molecule has 0 unspecified atom stereocenters. The van der Waals surface area contributed by atoms with E-state index in [2.05, 4.69) is 23.8 Å². The maximum atomic E-state index is 13.2. The molecular weight excluding hydrogens is 1010 g/mol. The standard InChI is InChI=1S/C70H95N3O8/c1-3-5-7-9-11-13-15-17-19-21-23-25-27-29-31-33-54-78-64-50-38-58(39-51-64)56-71-62-46-42-60(43-47-62)69(74)80-66-36-35-37-67(68(66)73(76)77)81-70(75)61-44-48-63(49-45-61)72-57-59-40-52-65(53-41-59)79-55-34-32-30-28-26-24-22-20-18-16-14-12-10-8-6-4-2/h35-53,56-57H,3-34,54-55H2,1-2H3. The first-order chi connectivity index (χ1) is 39.8. The Hall–Kier alpha value is -6.62. The molecule has 11 heteroatoms. The Bertz CT molecular complexity index is 2370. The molecule has 0 aliphatic carbocycles. The van der Waals surface area contributed by atoms with Gasteiger partial charge in [0.05, 0.1) is 40.6 Å². The summed E-state index contributed by atoms with van der Waals surface area (Å²) in [6.45, 7) is 5.95. The number of unbranched alkanes of at least 4 members (excludes halogenated alkanes) is 30. The highest BCUT2D eigenvalue weighted by atomic mass is 16.6. The third-order valence-corrected chi connectivity index (χ3v) is 14.8. The van der Waals surface area contributed by atoms with E-state index in [1.165, 1.54) is 235 Å². The molecule has 0 radical (unpaired) electrons. The molecule has 0 bridgehead atoms. The molecule has 0 saturated heterocycles. The lowest BCUT2D eigenvalue weighted by molar-refractivity contribution is -0.386. The van der Waals surface area contributed by atoms with Crippen LogP contribution in [-0.2, 0) is 0 Å². The zero-order chi connectivity index (χ0) is 57.2. The van der Waals surface area contributed by atoms with Gasteiger partial charge in [0, 0.05) is 12.4 Å². The molecule has 0 aliphatic heterocycles. The number of nitrogens with zero attached hydrogens (tertiary/aromatic N) is 3. The van der Waals surface area contributed by atoms with Crippen LogP contribution in [0.2, 0.25) is 0 Å².